The zero-order valence-corrected chi connectivity index (χ0v) is 15.8. The van der Waals surface area contributed by atoms with E-state index in [-0.39, 0.29) is 11.7 Å². The molecule has 3 aromatic rings. The second-order valence-corrected chi connectivity index (χ2v) is 7.23. The van der Waals surface area contributed by atoms with Crippen LogP contribution < -0.4 is 5.32 Å². The molecule has 1 heterocycles. The SMILES string of the molecule is O=C(CCCc1ccccc1)NCCSc1ncc(-c2ccc(F)cc2)[nH]1. The number of benzene rings is 2. The number of imidazole rings is 1. The van der Waals surface area contributed by atoms with Crippen molar-refractivity contribution in [3.63, 3.8) is 0 Å². The maximum atomic E-state index is 13.0. The topological polar surface area (TPSA) is 57.8 Å². The molecule has 0 fully saturated rings. The fourth-order valence-electron chi connectivity index (χ4n) is 2.68. The molecule has 0 saturated carbocycles. The van der Waals surface area contributed by atoms with Gasteiger partial charge in [-0.2, -0.15) is 0 Å². The summed E-state index contributed by atoms with van der Waals surface area (Å²) in [5.74, 6) is 0.561. The summed E-state index contributed by atoms with van der Waals surface area (Å²) in [5.41, 5.74) is 3.00. The predicted octanol–water partition coefficient (Wildman–Crippen LogP) is 4.45. The molecule has 0 aliphatic carbocycles. The van der Waals surface area contributed by atoms with E-state index in [0.29, 0.717) is 13.0 Å². The standard InChI is InChI=1S/C21H22FN3OS/c22-18-11-9-17(10-12-18)19-15-24-21(25-19)27-14-13-23-20(26)8-4-7-16-5-2-1-3-6-16/h1-3,5-6,9-12,15H,4,7-8,13-14H2,(H,23,26)(H,24,25). The molecular formula is C21H22FN3OS. The van der Waals surface area contributed by atoms with Crippen molar-refractivity contribution in [2.45, 2.75) is 24.4 Å². The molecule has 0 saturated heterocycles. The molecule has 0 atom stereocenters. The lowest BCUT2D eigenvalue weighted by atomic mass is 10.1. The van der Waals surface area contributed by atoms with Crippen LogP contribution in [0.1, 0.15) is 18.4 Å². The van der Waals surface area contributed by atoms with E-state index >= 15 is 0 Å². The van der Waals surface area contributed by atoms with Crippen LogP contribution in [0.15, 0.2) is 66.0 Å². The van der Waals surface area contributed by atoms with Crippen LogP contribution in [-0.2, 0) is 11.2 Å². The third-order valence-electron chi connectivity index (χ3n) is 4.08. The van der Waals surface area contributed by atoms with Crippen LogP contribution in [0.4, 0.5) is 4.39 Å². The Morgan fingerprint density at radius 3 is 2.67 bits per heavy atom. The van der Waals surface area contributed by atoms with E-state index < -0.39 is 0 Å². The number of hydrogen-bond acceptors (Lipinski definition) is 3. The number of hydrogen-bond donors (Lipinski definition) is 2. The van der Waals surface area contributed by atoms with Gasteiger partial charge in [0, 0.05) is 18.7 Å². The minimum Gasteiger partial charge on any atom is -0.355 e. The normalized spacial score (nSPS) is 10.7. The lowest BCUT2D eigenvalue weighted by Gasteiger charge is -2.04. The average molecular weight is 383 g/mol. The summed E-state index contributed by atoms with van der Waals surface area (Å²) < 4.78 is 13.0. The fourth-order valence-corrected chi connectivity index (χ4v) is 3.38. The van der Waals surface area contributed by atoms with E-state index in [1.165, 1.54) is 17.7 Å². The molecule has 3 rings (SSSR count). The van der Waals surface area contributed by atoms with Crippen LogP contribution in [0.25, 0.3) is 11.3 Å². The molecule has 0 bridgehead atoms. The van der Waals surface area contributed by atoms with Gasteiger partial charge in [-0.1, -0.05) is 42.1 Å². The van der Waals surface area contributed by atoms with Gasteiger partial charge in [-0.25, -0.2) is 9.37 Å². The van der Waals surface area contributed by atoms with E-state index in [2.05, 4.69) is 27.4 Å². The molecule has 1 aromatic heterocycles. The number of amides is 1. The van der Waals surface area contributed by atoms with Crippen molar-refractivity contribution >= 4 is 17.7 Å². The van der Waals surface area contributed by atoms with E-state index in [1.54, 1.807) is 30.1 Å². The Labute approximate surface area is 162 Å². The lowest BCUT2D eigenvalue weighted by Crippen LogP contribution is -2.25. The molecule has 0 aliphatic rings. The van der Waals surface area contributed by atoms with Crippen LogP contribution in [-0.4, -0.2) is 28.2 Å². The lowest BCUT2D eigenvalue weighted by molar-refractivity contribution is -0.121. The van der Waals surface area contributed by atoms with Crippen molar-refractivity contribution in [3.05, 3.63) is 72.2 Å². The number of nitrogens with zero attached hydrogens (tertiary/aromatic N) is 1. The molecular weight excluding hydrogens is 361 g/mol. The first kappa shape index (κ1) is 19.2. The van der Waals surface area contributed by atoms with Crippen molar-refractivity contribution in [1.29, 1.82) is 0 Å². The number of nitrogens with one attached hydrogen (secondary N) is 2. The number of rotatable bonds is 9. The van der Waals surface area contributed by atoms with Gasteiger partial charge in [0.25, 0.3) is 0 Å². The molecule has 0 radical (unpaired) electrons. The first-order valence-electron chi connectivity index (χ1n) is 8.95. The number of aromatic nitrogens is 2. The Hall–Kier alpha value is -2.60. The quantitative estimate of drug-likeness (QED) is 0.424. The second-order valence-electron chi connectivity index (χ2n) is 6.15. The highest BCUT2D eigenvalue weighted by Gasteiger charge is 2.05. The summed E-state index contributed by atoms with van der Waals surface area (Å²) in [6, 6.07) is 16.5. The van der Waals surface area contributed by atoms with Crippen LogP contribution >= 0.6 is 11.8 Å². The summed E-state index contributed by atoms with van der Waals surface area (Å²) >= 11 is 1.55. The summed E-state index contributed by atoms with van der Waals surface area (Å²) in [6.07, 6.45) is 4.04. The van der Waals surface area contributed by atoms with Crippen molar-refractivity contribution < 1.29 is 9.18 Å². The maximum Gasteiger partial charge on any atom is 0.220 e. The van der Waals surface area contributed by atoms with Gasteiger partial charge in [-0.05, 0) is 48.2 Å². The van der Waals surface area contributed by atoms with E-state index in [1.807, 2.05) is 18.2 Å². The second kappa shape index (κ2) is 9.92. The Balaban J connectivity index is 1.33. The third-order valence-corrected chi connectivity index (χ3v) is 4.97. The first-order valence-corrected chi connectivity index (χ1v) is 9.93. The molecule has 2 aromatic carbocycles. The van der Waals surface area contributed by atoms with Gasteiger partial charge in [0.05, 0.1) is 11.9 Å². The first-order chi connectivity index (χ1) is 13.2. The van der Waals surface area contributed by atoms with Crippen molar-refractivity contribution in [2.75, 3.05) is 12.3 Å². The fraction of sp³-hybridized carbons (Fsp3) is 0.238. The van der Waals surface area contributed by atoms with Gasteiger partial charge in [0.2, 0.25) is 5.91 Å². The van der Waals surface area contributed by atoms with Gasteiger partial charge in [0.15, 0.2) is 5.16 Å². The summed E-state index contributed by atoms with van der Waals surface area (Å²) in [5, 5.41) is 3.73. The van der Waals surface area contributed by atoms with Gasteiger partial charge in [-0.15, -0.1) is 0 Å². The van der Waals surface area contributed by atoms with Crippen LogP contribution in [0.3, 0.4) is 0 Å². The monoisotopic (exact) mass is 383 g/mol. The number of H-pyrrole nitrogens is 1. The number of halogens is 1. The van der Waals surface area contributed by atoms with Crippen molar-refractivity contribution in [3.8, 4) is 11.3 Å². The van der Waals surface area contributed by atoms with Gasteiger partial charge in [-0.3, -0.25) is 4.79 Å². The van der Waals surface area contributed by atoms with E-state index in [4.69, 9.17) is 0 Å². The predicted molar refractivity (Wildman–Crippen MR) is 107 cm³/mol. The van der Waals surface area contributed by atoms with E-state index in [9.17, 15) is 9.18 Å². The molecule has 0 aliphatic heterocycles. The molecule has 140 valence electrons. The van der Waals surface area contributed by atoms with Crippen LogP contribution in [0.5, 0.6) is 0 Å². The number of aromatic amines is 1. The zero-order chi connectivity index (χ0) is 18.9. The Morgan fingerprint density at radius 2 is 1.89 bits per heavy atom. The smallest absolute Gasteiger partial charge is 0.220 e. The van der Waals surface area contributed by atoms with Gasteiger partial charge < -0.3 is 10.3 Å². The summed E-state index contributed by atoms with van der Waals surface area (Å²) in [7, 11) is 0. The third kappa shape index (κ3) is 6.25. The van der Waals surface area contributed by atoms with Crippen molar-refractivity contribution in [2.24, 2.45) is 0 Å². The number of carbonyl (C=O) groups excluding carboxylic acids is 1. The highest BCUT2D eigenvalue weighted by molar-refractivity contribution is 7.99. The molecule has 4 nitrogen and oxygen atoms in total. The highest BCUT2D eigenvalue weighted by Crippen LogP contribution is 2.21. The largest absolute Gasteiger partial charge is 0.355 e. The maximum absolute atomic E-state index is 13.0. The zero-order valence-electron chi connectivity index (χ0n) is 15.0. The molecule has 0 unspecified atom stereocenters. The Kier molecular flexibility index (Phi) is 7.04. The van der Waals surface area contributed by atoms with Gasteiger partial charge in [0.1, 0.15) is 5.82 Å². The average Bonchev–Trinajstić information content (AvgIpc) is 3.16. The van der Waals surface area contributed by atoms with Crippen molar-refractivity contribution in [1.82, 2.24) is 15.3 Å². The molecule has 0 spiro atoms. The summed E-state index contributed by atoms with van der Waals surface area (Å²) in [4.78, 5) is 19.4. The van der Waals surface area contributed by atoms with Crippen LogP contribution in [0, 0.1) is 5.82 Å². The molecule has 2 N–H and O–H groups in total. The van der Waals surface area contributed by atoms with Gasteiger partial charge >= 0.3 is 0 Å². The number of thioether (sulfide) groups is 1. The molecule has 27 heavy (non-hydrogen) atoms. The van der Waals surface area contributed by atoms with E-state index in [0.717, 1.165) is 35.0 Å². The summed E-state index contributed by atoms with van der Waals surface area (Å²) in [6.45, 7) is 0.599. The highest BCUT2D eigenvalue weighted by atomic mass is 32.2. The minimum atomic E-state index is -0.257. The van der Waals surface area contributed by atoms with Crippen LogP contribution in [0.2, 0.25) is 0 Å². The number of carbonyl (C=O) groups is 1. The molecule has 1 amide bonds. The molecule has 6 heteroatoms. The Bertz CT molecular complexity index is 849. The Morgan fingerprint density at radius 1 is 1.11 bits per heavy atom. The number of aryl methyl sites for hydroxylation is 1. The minimum absolute atomic E-state index is 0.0815.